The van der Waals surface area contributed by atoms with Crippen molar-refractivity contribution in [2.45, 2.75) is 13.5 Å². The SMILES string of the molecule is CCN(Cc1ccccc1)c1cc(N2CCOCC2)ncn1. The smallest absolute Gasteiger partial charge is 0.134 e. The van der Waals surface area contributed by atoms with Gasteiger partial charge in [0, 0.05) is 32.2 Å². The number of ether oxygens (including phenoxy) is 1. The summed E-state index contributed by atoms with van der Waals surface area (Å²) in [6, 6.07) is 12.6. The van der Waals surface area contributed by atoms with Crippen molar-refractivity contribution in [2.24, 2.45) is 0 Å². The number of rotatable bonds is 5. The average molecular weight is 298 g/mol. The van der Waals surface area contributed by atoms with Gasteiger partial charge in [0.1, 0.15) is 18.0 Å². The Hall–Kier alpha value is -2.14. The highest BCUT2D eigenvalue weighted by molar-refractivity contribution is 5.50. The van der Waals surface area contributed by atoms with Crippen LogP contribution in [0.5, 0.6) is 0 Å². The number of nitrogens with zero attached hydrogens (tertiary/aromatic N) is 4. The summed E-state index contributed by atoms with van der Waals surface area (Å²) >= 11 is 0. The molecule has 2 heterocycles. The molecule has 1 aromatic carbocycles. The molecule has 0 aliphatic carbocycles. The van der Waals surface area contributed by atoms with Gasteiger partial charge in [-0.25, -0.2) is 9.97 Å². The first-order chi connectivity index (χ1) is 10.9. The molecule has 1 fully saturated rings. The van der Waals surface area contributed by atoms with E-state index in [1.807, 2.05) is 6.07 Å². The Kier molecular flexibility index (Phi) is 4.85. The van der Waals surface area contributed by atoms with E-state index < -0.39 is 0 Å². The minimum absolute atomic E-state index is 0.765. The van der Waals surface area contributed by atoms with Gasteiger partial charge >= 0.3 is 0 Å². The van der Waals surface area contributed by atoms with Gasteiger partial charge in [0.15, 0.2) is 0 Å². The molecule has 0 radical (unpaired) electrons. The molecule has 0 atom stereocenters. The van der Waals surface area contributed by atoms with E-state index >= 15 is 0 Å². The lowest BCUT2D eigenvalue weighted by Gasteiger charge is -2.29. The summed E-state index contributed by atoms with van der Waals surface area (Å²) in [6.45, 7) is 7.23. The summed E-state index contributed by atoms with van der Waals surface area (Å²) in [5.74, 6) is 1.96. The van der Waals surface area contributed by atoms with Crippen molar-refractivity contribution in [3.63, 3.8) is 0 Å². The molecule has 5 nitrogen and oxygen atoms in total. The highest BCUT2D eigenvalue weighted by Crippen LogP contribution is 2.20. The maximum absolute atomic E-state index is 5.40. The fraction of sp³-hybridized carbons (Fsp3) is 0.412. The largest absolute Gasteiger partial charge is 0.378 e. The van der Waals surface area contributed by atoms with Crippen LogP contribution in [0, 0.1) is 0 Å². The number of morpholine rings is 1. The second-order valence-corrected chi connectivity index (χ2v) is 5.33. The Balaban J connectivity index is 1.77. The van der Waals surface area contributed by atoms with Crippen molar-refractivity contribution in [1.29, 1.82) is 0 Å². The minimum Gasteiger partial charge on any atom is -0.378 e. The van der Waals surface area contributed by atoms with Gasteiger partial charge in [-0.15, -0.1) is 0 Å². The van der Waals surface area contributed by atoms with Gasteiger partial charge in [-0.05, 0) is 12.5 Å². The minimum atomic E-state index is 0.765. The van der Waals surface area contributed by atoms with Crippen molar-refractivity contribution in [2.75, 3.05) is 42.6 Å². The van der Waals surface area contributed by atoms with Crippen LogP contribution in [-0.2, 0) is 11.3 Å². The Morgan fingerprint density at radius 3 is 2.64 bits per heavy atom. The lowest BCUT2D eigenvalue weighted by Crippen LogP contribution is -2.37. The van der Waals surface area contributed by atoms with Crippen molar-refractivity contribution < 1.29 is 4.74 Å². The van der Waals surface area contributed by atoms with Crippen LogP contribution in [0.3, 0.4) is 0 Å². The first kappa shape index (κ1) is 14.8. The summed E-state index contributed by atoms with van der Waals surface area (Å²) in [6.07, 6.45) is 1.66. The maximum atomic E-state index is 5.40. The number of aromatic nitrogens is 2. The third kappa shape index (κ3) is 3.54. The van der Waals surface area contributed by atoms with Gasteiger partial charge in [-0.1, -0.05) is 30.3 Å². The standard InChI is InChI=1S/C17H22N4O/c1-2-20(13-15-6-4-3-5-7-15)16-12-17(19-14-18-16)21-8-10-22-11-9-21/h3-7,12,14H,2,8-11,13H2,1H3. The van der Waals surface area contributed by atoms with Crippen LogP contribution in [0.15, 0.2) is 42.7 Å². The van der Waals surface area contributed by atoms with Crippen molar-refractivity contribution in [3.05, 3.63) is 48.3 Å². The summed E-state index contributed by atoms with van der Waals surface area (Å²) < 4.78 is 5.40. The van der Waals surface area contributed by atoms with E-state index in [2.05, 4.69) is 57.0 Å². The topological polar surface area (TPSA) is 41.5 Å². The van der Waals surface area contributed by atoms with Gasteiger partial charge in [0.05, 0.1) is 13.2 Å². The zero-order valence-corrected chi connectivity index (χ0v) is 13.0. The average Bonchev–Trinajstić information content (AvgIpc) is 2.61. The van der Waals surface area contributed by atoms with Crippen LogP contribution in [-0.4, -0.2) is 42.8 Å². The fourth-order valence-corrected chi connectivity index (χ4v) is 2.63. The first-order valence-electron chi connectivity index (χ1n) is 7.80. The highest BCUT2D eigenvalue weighted by Gasteiger charge is 2.15. The second kappa shape index (κ2) is 7.22. The van der Waals surface area contributed by atoms with E-state index in [0.29, 0.717) is 0 Å². The van der Waals surface area contributed by atoms with E-state index in [0.717, 1.165) is 51.0 Å². The normalized spacial score (nSPS) is 14.9. The molecule has 2 aromatic rings. The molecule has 116 valence electrons. The molecular formula is C17H22N4O. The Morgan fingerprint density at radius 2 is 1.91 bits per heavy atom. The Morgan fingerprint density at radius 1 is 1.14 bits per heavy atom. The summed E-state index contributed by atoms with van der Waals surface area (Å²) in [5.41, 5.74) is 1.29. The molecule has 3 rings (SSSR count). The van der Waals surface area contributed by atoms with Crippen LogP contribution in [0.1, 0.15) is 12.5 Å². The van der Waals surface area contributed by atoms with E-state index in [9.17, 15) is 0 Å². The van der Waals surface area contributed by atoms with Gasteiger partial charge in [-0.3, -0.25) is 0 Å². The second-order valence-electron chi connectivity index (χ2n) is 5.33. The van der Waals surface area contributed by atoms with Gasteiger partial charge in [0.2, 0.25) is 0 Å². The molecule has 0 unspecified atom stereocenters. The predicted octanol–water partition coefficient (Wildman–Crippen LogP) is 2.34. The summed E-state index contributed by atoms with van der Waals surface area (Å²) in [7, 11) is 0. The van der Waals surface area contributed by atoms with Crippen LogP contribution in [0.4, 0.5) is 11.6 Å². The summed E-state index contributed by atoms with van der Waals surface area (Å²) in [4.78, 5) is 13.4. The lowest BCUT2D eigenvalue weighted by molar-refractivity contribution is 0.122. The maximum Gasteiger partial charge on any atom is 0.134 e. The molecule has 0 N–H and O–H groups in total. The van der Waals surface area contributed by atoms with Crippen molar-refractivity contribution in [1.82, 2.24) is 9.97 Å². The fourth-order valence-electron chi connectivity index (χ4n) is 2.63. The third-order valence-corrected chi connectivity index (χ3v) is 3.90. The van der Waals surface area contributed by atoms with E-state index in [1.165, 1.54) is 5.56 Å². The molecule has 0 bridgehead atoms. The Labute approximate surface area is 131 Å². The number of hydrogen-bond donors (Lipinski definition) is 0. The molecule has 1 aromatic heterocycles. The molecule has 22 heavy (non-hydrogen) atoms. The van der Waals surface area contributed by atoms with Crippen molar-refractivity contribution >= 4 is 11.6 Å². The first-order valence-corrected chi connectivity index (χ1v) is 7.80. The molecule has 1 aliphatic rings. The van der Waals surface area contributed by atoms with Gasteiger partial charge in [0.25, 0.3) is 0 Å². The summed E-state index contributed by atoms with van der Waals surface area (Å²) in [5, 5.41) is 0. The number of anilines is 2. The molecule has 0 spiro atoms. The zero-order chi connectivity index (χ0) is 15.2. The molecule has 1 aliphatic heterocycles. The Bertz CT molecular complexity index is 584. The quantitative estimate of drug-likeness (QED) is 0.847. The van der Waals surface area contributed by atoms with Gasteiger partial charge < -0.3 is 14.5 Å². The van der Waals surface area contributed by atoms with Gasteiger partial charge in [-0.2, -0.15) is 0 Å². The number of benzene rings is 1. The van der Waals surface area contributed by atoms with Crippen LogP contribution in [0.2, 0.25) is 0 Å². The van der Waals surface area contributed by atoms with E-state index in [1.54, 1.807) is 6.33 Å². The zero-order valence-electron chi connectivity index (χ0n) is 13.0. The van der Waals surface area contributed by atoms with E-state index in [-0.39, 0.29) is 0 Å². The molecule has 0 amide bonds. The highest BCUT2D eigenvalue weighted by atomic mass is 16.5. The molecule has 5 heteroatoms. The molecular weight excluding hydrogens is 276 g/mol. The van der Waals surface area contributed by atoms with Crippen LogP contribution < -0.4 is 9.80 Å². The van der Waals surface area contributed by atoms with Crippen LogP contribution >= 0.6 is 0 Å². The predicted molar refractivity (Wildman–Crippen MR) is 88.2 cm³/mol. The monoisotopic (exact) mass is 298 g/mol. The lowest BCUT2D eigenvalue weighted by atomic mass is 10.2. The molecule has 1 saturated heterocycles. The van der Waals surface area contributed by atoms with Crippen molar-refractivity contribution in [3.8, 4) is 0 Å². The molecule has 0 saturated carbocycles. The third-order valence-electron chi connectivity index (χ3n) is 3.90. The number of hydrogen-bond acceptors (Lipinski definition) is 5. The van der Waals surface area contributed by atoms with E-state index in [4.69, 9.17) is 4.74 Å². The van der Waals surface area contributed by atoms with Crippen LogP contribution in [0.25, 0.3) is 0 Å².